The Morgan fingerprint density at radius 1 is 0.556 bits per heavy atom. The van der Waals surface area contributed by atoms with Crippen molar-refractivity contribution in [2.75, 3.05) is 10.6 Å². The van der Waals surface area contributed by atoms with Crippen LogP contribution in [0.5, 0.6) is 0 Å². The van der Waals surface area contributed by atoms with Gasteiger partial charge >= 0.3 is 0 Å². The first-order valence-corrected chi connectivity index (χ1v) is 13.0. The van der Waals surface area contributed by atoms with Crippen LogP contribution in [-0.2, 0) is 0 Å². The van der Waals surface area contributed by atoms with Crippen molar-refractivity contribution in [3.63, 3.8) is 0 Å². The van der Waals surface area contributed by atoms with Gasteiger partial charge in [-0.2, -0.15) is 0 Å². The van der Waals surface area contributed by atoms with Crippen LogP contribution in [-0.4, -0.2) is 29.3 Å². The molecule has 0 aliphatic heterocycles. The lowest BCUT2D eigenvalue weighted by molar-refractivity contribution is 0.0998. The van der Waals surface area contributed by atoms with Gasteiger partial charge in [0.15, 0.2) is 23.1 Å². The normalized spacial score (nSPS) is 10.8. The van der Waals surface area contributed by atoms with Gasteiger partial charge in [-0.05, 0) is 76.9 Å². The molecule has 0 saturated carbocycles. The van der Waals surface area contributed by atoms with Crippen molar-refractivity contribution in [2.45, 2.75) is 92.2 Å². The Morgan fingerprint density at radius 2 is 0.889 bits per heavy atom. The fourth-order valence-electron chi connectivity index (χ4n) is 4.12. The smallest absolute Gasteiger partial charge is 0.159 e. The lowest BCUT2D eigenvalue weighted by Crippen LogP contribution is -2.29. The molecule has 2 N–H and O–H groups in total. The van der Waals surface area contributed by atoms with Gasteiger partial charge in [0.1, 0.15) is 0 Å². The topological polar surface area (TPSA) is 92.3 Å². The zero-order chi connectivity index (χ0) is 26.7. The van der Waals surface area contributed by atoms with Crippen LogP contribution in [0.25, 0.3) is 0 Å². The molecule has 2 aromatic carbocycles. The molecular formula is C30H40N2O4. The molecule has 0 fully saturated rings. The van der Waals surface area contributed by atoms with E-state index in [4.69, 9.17) is 0 Å². The van der Waals surface area contributed by atoms with Crippen LogP contribution in [0.1, 0.15) is 127 Å². The predicted octanol–water partition coefficient (Wildman–Crippen LogP) is 7.49. The standard InChI is InChI=1S/C30H40N2O4/c1-6-7-8-9-10-11-12-13-30(31-28-16-24(20(2)33)14-25(17-28)21(3)34)32-29-18-26(22(4)35)15-27(19-29)23(5)36/h14-19,30-32H,6-13H2,1-5H3. The summed E-state index contributed by atoms with van der Waals surface area (Å²) >= 11 is 0. The van der Waals surface area contributed by atoms with Gasteiger partial charge < -0.3 is 10.6 Å². The molecule has 6 heteroatoms. The summed E-state index contributed by atoms with van der Waals surface area (Å²) < 4.78 is 0. The average Bonchev–Trinajstić information content (AvgIpc) is 2.82. The molecule has 0 aliphatic rings. The molecule has 0 amide bonds. The van der Waals surface area contributed by atoms with E-state index in [9.17, 15) is 19.2 Å². The van der Waals surface area contributed by atoms with Crippen LogP contribution >= 0.6 is 0 Å². The molecule has 2 rings (SSSR count). The molecule has 0 spiro atoms. The second-order valence-electron chi connectivity index (χ2n) is 9.57. The van der Waals surface area contributed by atoms with Crippen molar-refractivity contribution >= 4 is 34.5 Å². The van der Waals surface area contributed by atoms with Crippen molar-refractivity contribution in [2.24, 2.45) is 0 Å². The molecule has 6 nitrogen and oxygen atoms in total. The molecular weight excluding hydrogens is 452 g/mol. The summed E-state index contributed by atoms with van der Waals surface area (Å²) in [6.45, 7) is 8.13. The summed E-state index contributed by atoms with van der Waals surface area (Å²) in [5, 5.41) is 6.88. The van der Waals surface area contributed by atoms with E-state index in [1.54, 1.807) is 36.4 Å². The number of carbonyl (C=O) groups excluding carboxylic acids is 4. The van der Waals surface area contributed by atoms with Gasteiger partial charge in [-0.25, -0.2) is 0 Å². The van der Waals surface area contributed by atoms with E-state index in [1.807, 2.05) is 0 Å². The first-order valence-electron chi connectivity index (χ1n) is 13.0. The van der Waals surface area contributed by atoms with Crippen molar-refractivity contribution in [3.8, 4) is 0 Å². The third-order valence-corrected chi connectivity index (χ3v) is 6.27. The summed E-state index contributed by atoms with van der Waals surface area (Å²) in [4.78, 5) is 48.2. The summed E-state index contributed by atoms with van der Waals surface area (Å²) in [5.41, 5.74) is 3.22. The Hall–Kier alpha value is -3.28. The van der Waals surface area contributed by atoms with E-state index in [-0.39, 0.29) is 29.3 Å². The Labute approximate surface area is 215 Å². The molecule has 0 atom stereocenters. The second kappa shape index (κ2) is 14.3. The number of hydrogen-bond acceptors (Lipinski definition) is 6. The number of nitrogens with one attached hydrogen (secondary N) is 2. The third kappa shape index (κ3) is 9.40. The van der Waals surface area contributed by atoms with Crippen LogP contribution < -0.4 is 10.6 Å². The number of hydrogen-bond donors (Lipinski definition) is 2. The van der Waals surface area contributed by atoms with Gasteiger partial charge in [-0.3, -0.25) is 19.2 Å². The lowest BCUT2D eigenvalue weighted by Gasteiger charge is -2.24. The van der Waals surface area contributed by atoms with E-state index >= 15 is 0 Å². The summed E-state index contributed by atoms with van der Waals surface area (Å²) in [5.74, 6) is -0.452. The number of anilines is 2. The average molecular weight is 493 g/mol. The summed E-state index contributed by atoms with van der Waals surface area (Å²) in [7, 11) is 0. The van der Waals surface area contributed by atoms with Crippen LogP contribution in [0.2, 0.25) is 0 Å². The molecule has 0 radical (unpaired) electrons. The maximum absolute atomic E-state index is 12.1. The van der Waals surface area contributed by atoms with Gasteiger partial charge in [0.2, 0.25) is 0 Å². The van der Waals surface area contributed by atoms with E-state index in [2.05, 4.69) is 17.6 Å². The van der Waals surface area contributed by atoms with Crippen LogP contribution in [0.3, 0.4) is 0 Å². The summed E-state index contributed by atoms with van der Waals surface area (Å²) in [6, 6.07) is 10.2. The molecule has 0 unspecified atom stereocenters. The van der Waals surface area contributed by atoms with Gasteiger partial charge in [-0.15, -0.1) is 0 Å². The van der Waals surface area contributed by atoms with Gasteiger partial charge in [0, 0.05) is 33.6 Å². The minimum Gasteiger partial charge on any atom is -0.365 e. The summed E-state index contributed by atoms with van der Waals surface area (Å²) in [6.07, 6.45) is 8.78. The molecule has 0 bridgehead atoms. The van der Waals surface area contributed by atoms with Crippen LogP contribution in [0.15, 0.2) is 36.4 Å². The number of ketones is 4. The Morgan fingerprint density at radius 3 is 1.22 bits per heavy atom. The monoisotopic (exact) mass is 492 g/mol. The van der Waals surface area contributed by atoms with Crippen molar-refractivity contribution in [1.29, 1.82) is 0 Å². The van der Waals surface area contributed by atoms with Gasteiger partial charge in [0.05, 0.1) is 6.17 Å². The molecule has 0 aromatic heterocycles. The molecule has 0 saturated heterocycles. The zero-order valence-electron chi connectivity index (χ0n) is 22.3. The maximum atomic E-state index is 12.1. The fraction of sp³-hybridized carbons (Fsp3) is 0.467. The number of carbonyl (C=O) groups is 4. The lowest BCUT2D eigenvalue weighted by atomic mass is 10.0. The second-order valence-corrected chi connectivity index (χ2v) is 9.57. The highest BCUT2D eigenvalue weighted by molar-refractivity contribution is 6.02. The molecule has 194 valence electrons. The van der Waals surface area contributed by atoms with Gasteiger partial charge in [-0.1, -0.05) is 45.4 Å². The highest BCUT2D eigenvalue weighted by atomic mass is 16.1. The van der Waals surface area contributed by atoms with Crippen molar-refractivity contribution in [1.82, 2.24) is 0 Å². The third-order valence-electron chi connectivity index (χ3n) is 6.27. The van der Waals surface area contributed by atoms with E-state index in [0.29, 0.717) is 33.6 Å². The zero-order valence-corrected chi connectivity index (χ0v) is 22.3. The largest absolute Gasteiger partial charge is 0.365 e. The fourth-order valence-corrected chi connectivity index (χ4v) is 4.12. The van der Waals surface area contributed by atoms with Crippen LogP contribution in [0.4, 0.5) is 11.4 Å². The number of Topliss-reactive ketones (excluding diaryl/α,β-unsaturated/α-hetero) is 4. The Bertz CT molecular complexity index is 948. The number of benzene rings is 2. The number of unbranched alkanes of at least 4 members (excludes halogenated alkanes) is 6. The van der Waals surface area contributed by atoms with E-state index < -0.39 is 0 Å². The molecule has 0 heterocycles. The van der Waals surface area contributed by atoms with Crippen molar-refractivity contribution < 1.29 is 19.2 Å². The highest BCUT2D eigenvalue weighted by Crippen LogP contribution is 2.22. The first-order chi connectivity index (χ1) is 17.1. The number of rotatable bonds is 16. The SMILES string of the molecule is CCCCCCCCCC(Nc1cc(C(C)=O)cc(C(C)=O)c1)Nc1cc(C(C)=O)cc(C(C)=O)c1. The van der Waals surface area contributed by atoms with Crippen molar-refractivity contribution in [3.05, 3.63) is 58.7 Å². The Kier molecular flexibility index (Phi) is 11.5. The minimum atomic E-state index is -0.232. The highest BCUT2D eigenvalue weighted by Gasteiger charge is 2.15. The molecule has 0 aliphatic carbocycles. The molecule has 2 aromatic rings. The van der Waals surface area contributed by atoms with E-state index in [0.717, 1.165) is 19.3 Å². The van der Waals surface area contributed by atoms with Crippen LogP contribution in [0, 0.1) is 0 Å². The maximum Gasteiger partial charge on any atom is 0.159 e. The predicted molar refractivity (Wildman–Crippen MR) is 147 cm³/mol. The first kappa shape index (κ1) is 29.0. The quantitative estimate of drug-likeness (QED) is 0.143. The van der Waals surface area contributed by atoms with E-state index in [1.165, 1.54) is 59.8 Å². The molecule has 36 heavy (non-hydrogen) atoms. The Balaban J connectivity index is 2.28. The minimum absolute atomic E-state index is 0.113. The van der Waals surface area contributed by atoms with Gasteiger partial charge in [0.25, 0.3) is 0 Å².